The number of carbonyl (C=O) groups excluding carboxylic acids is 1. The van der Waals surface area contributed by atoms with Crippen LogP contribution in [0, 0.1) is 5.92 Å². The van der Waals surface area contributed by atoms with Gasteiger partial charge >= 0.3 is 0 Å². The third-order valence-corrected chi connectivity index (χ3v) is 3.68. The molecule has 0 spiro atoms. The summed E-state index contributed by atoms with van der Waals surface area (Å²) in [7, 11) is 0. The van der Waals surface area contributed by atoms with Crippen LogP contribution in [-0.2, 0) is 11.2 Å². The number of alkyl halides is 1. The molecule has 0 bridgehead atoms. The van der Waals surface area contributed by atoms with E-state index in [1.165, 1.54) is 0 Å². The van der Waals surface area contributed by atoms with E-state index in [1.807, 2.05) is 11.0 Å². The largest absolute Gasteiger partial charge is 0.472 e. The lowest BCUT2D eigenvalue weighted by Crippen LogP contribution is -2.27. The number of rotatable bonds is 4. The standard InChI is InChI=1S/C11H14BrNO2/c12-6-10-5-11(14)13(7-10)3-1-9-2-4-15-8-9/h2,4,8,10H,1,3,5-7H2. The molecule has 1 fully saturated rings. The van der Waals surface area contributed by atoms with Gasteiger partial charge in [-0.25, -0.2) is 0 Å². The van der Waals surface area contributed by atoms with E-state index >= 15 is 0 Å². The fourth-order valence-corrected chi connectivity index (χ4v) is 2.31. The van der Waals surface area contributed by atoms with Gasteiger partial charge in [0.2, 0.25) is 5.91 Å². The highest BCUT2D eigenvalue weighted by molar-refractivity contribution is 9.09. The van der Waals surface area contributed by atoms with Crippen LogP contribution in [-0.4, -0.2) is 29.2 Å². The average molecular weight is 272 g/mol. The first-order valence-corrected chi connectivity index (χ1v) is 6.26. The van der Waals surface area contributed by atoms with E-state index in [9.17, 15) is 4.79 Å². The normalized spacial score (nSPS) is 21.3. The van der Waals surface area contributed by atoms with Crippen molar-refractivity contribution in [1.29, 1.82) is 0 Å². The van der Waals surface area contributed by atoms with Crippen molar-refractivity contribution in [2.45, 2.75) is 12.8 Å². The van der Waals surface area contributed by atoms with Crippen molar-refractivity contribution in [3.8, 4) is 0 Å². The number of carbonyl (C=O) groups is 1. The van der Waals surface area contributed by atoms with Crippen LogP contribution in [0.1, 0.15) is 12.0 Å². The third-order valence-electron chi connectivity index (χ3n) is 2.76. The van der Waals surface area contributed by atoms with Crippen LogP contribution in [0.4, 0.5) is 0 Å². The first kappa shape index (κ1) is 10.7. The van der Waals surface area contributed by atoms with Crippen LogP contribution < -0.4 is 0 Å². The summed E-state index contributed by atoms with van der Waals surface area (Å²) in [4.78, 5) is 13.5. The number of likely N-dealkylation sites (tertiary alicyclic amines) is 1. The van der Waals surface area contributed by atoms with E-state index < -0.39 is 0 Å². The molecule has 2 heterocycles. The van der Waals surface area contributed by atoms with Crippen molar-refractivity contribution in [2.24, 2.45) is 5.92 Å². The summed E-state index contributed by atoms with van der Waals surface area (Å²) in [6.45, 7) is 1.70. The maximum Gasteiger partial charge on any atom is 0.222 e. The van der Waals surface area contributed by atoms with Crippen molar-refractivity contribution < 1.29 is 9.21 Å². The van der Waals surface area contributed by atoms with Crippen LogP contribution in [0.2, 0.25) is 0 Å². The molecule has 4 heteroatoms. The molecule has 1 unspecified atom stereocenters. The molecule has 1 aromatic heterocycles. The van der Waals surface area contributed by atoms with E-state index in [-0.39, 0.29) is 5.91 Å². The zero-order valence-corrected chi connectivity index (χ0v) is 10.1. The topological polar surface area (TPSA) is 33.5 Å². The second-order valence-corrected chi connectivity index (χ2v) is 4.59. The number of hydrogen-bond donors (Lipinski definition) is 0. The lowest BCUT2D eigenvalue weighted by molar-refractivity contribution is -0.127. The van der Waals surface area contributed by atoms with E-state index in [2.05, 4.69) is 15.9 Å². The van der Waals surface area contributed by atoms with Crippen molar-refractivity contribution in [3.05, 3.63) is 24.2 Å². The zero-order chi connectivity index (χ0) is 10.7. The molecule has 0 aromatic carbocycles. The Morgan fingerprint density at radius 2 is 2.47 bits per heavy atom. The summed E-state index contributed by atoms with van der Waals surface area (Å²) >= 11 is 3.43. The van der Waals surface area contributed by atoms with Gasteiger partial charge in [0.05, 0.1) is 12.5 Å². The van der Waals surface area contributed by atoms with Crippen LogP contribution >= 0.6 is 15.9 Å². The second-order valence-electron chi connectivity index (χ2n) is 3.95. The quantitative estimate of drug-likeness (QED) is 0.786. The number of furan rings is 1. The van der Waals surface area contributed by atoms with Gasteiger partial charge in [0, 0.05) is 24.8 Å². The van der Waals surface area contributed by atoms with Crippen molar-refractivity contribution in [2.75, 3.05) is 18.4 Å². The van der Waals surface area contributed by atoms with Gasteiger partial charge < -0.3 is 9.32 Å². The molecule has 0 radical (unpaired) electrons. The van der Waals surface area contributed by atoms with Gasteiger partial charge in [-0.2, -0.15) is 0 Å². The molecule has 15 heavy (non-hydrogen) atoms. The van der Waals surface area contributed by atoms with Crippen molar-refractivity contribution >= 4 is 21.8 Å². The molecular weight excluding hydrogens is 258 g/mol. The fourth-order valence-electron chi connectivity index (χ4n) is 1.87. The summed E-state index contributed by atoms with van der Waals surface area (Å²) in [5.74, 6) is 0.768. The Balaban J connectivity index is 1.83. The van der Waals surface area contributed by atoms with E-state index in [0.29, 0.717) is 12.3 Å². The van der Waals surface area contributed by atoms with Crippen LogP contribution in [0.15, 0.2) is 23.0 Å². The SMILES string of the molecule is O=C1CC(CBr)CN1CCc1ccoc1. The first-order chi connectivity index (χ1) is 7.29. The maximum atomic E-state index is 11.6. The number of halogens is 1. The predicted octanol–water partition coefficient (Wildman–Crippen LogP) is 2.07. The Kier molecular flexibility index (Phi) is 3.46. The van der Waals surface area contributed by atoms with Gasteiger partial charge in [-0.15, -0.1) is 0 Å². The average Bonchev–Trinajstić information content (AvgIpc) is 2.84. The number of nitrogens with zero attached hydrogens (tertiary/aromatic N) is 1. The first-order valence-electron chi connectivity index (χ1n) is 5.14. The molecule has 1 amide bonds. The Hall–Kier alpha value is -0.770. The Bertz CT molecular complexity index is 323. The van der Waals surface area contributed by atoms with Gasteiger partial charge in [0.1, 0.15) is 0 Å². The van der Waals surface area contributed by atoms with Gasteiger partial charge in [-0.3, -0.25) is 4.79 Å². The lowest BCUT2D eigenvalue weighted by Gasteiger charge is -2.15. The van der Waals surface area contributed by atoms with Crippen molar-refractivity contribution in [1.82, 2.24) is 4.90 Å². The summed E-state index contributed by atoms with van der Waals surface area (Å²) in [6, 6.07) is 1.95. The Morgan fingerprint density at radius 3 is 3.07 bits per heavy atom. The van der Waals surface area contributed by atoms with Crippen LogP contribution in [0.5, 0.6) is 0 Å². The summed E-state index contributed by atoms with van der Waals surface area (Å²) < 4.78 is 4.99. The third kappa shape index (κ3) is 2.62. The molecule has 1 atom stereocenters. The smallest absolute Gasteiger partial charge is 0.222 e. The molecule has 82 valence electrons. The number of hydrogen-bond acceptors (Lipinski definition) is 2. The Morgan fingerprint density at radius 1 is 1.60 bits per heavy atom. The fraction of sp³-hybridized carbons (Fsp3) is 0.545. The second kappa shape index (κ2) is 4.84. The van der Waals surface area contributed by atoms with E-state index in [4.69, 9.17) is 4.42 Å². The predicted molar refractivity (Wildman–Crippen MR) is 60.9 cm³/mol. The zero-order valence-electron chi connectivity index (χ0n) is 8.49. The highest BCUT2D eigenvalue weighted by atomic mass is 79.9. The van der Waals surface area contributed by atoms with Gasteiger partial charge in [-0.1, -0.05) is 15.9 Å². The minimum Gasteiger partial charge on any atom is -0.472 e. The van der Waals surface area contributed by atoms with Crippen molar-refractivity contribution in [3.63, 3.8) is 0 Å². The molecule has 0 aliphatic carbocycles. The molecular formula is C11H14BrNO2. The number of amides is 1. The summed E-state index contributed by atoms with van der Waals surface area (Å²) in [5, 5.41) is 0.918. The highest BCUT2D eigenvalue weighted by Crippen LogP contribution is 2.19. The summed E-state index contributed by atoms with van der Waals surface area (Å²) in [6.07, 6.45) is 4.98. The monoisotopic (exact) mass is 271 g/mol. The van der Waals surface area contributed by atoms with Gasteiger partial charge in [0.25, 0.3) is 0 Å². The highest BCUT2D eigenvalue weighted by Gasteiger charge is 2.28. The molecule has 0 saturated carbocycles. The lowest BCUT2D eigenvalue weighted by atomic mass is 10.2. The van der Waals surface area contributed by atoms with Gasteiger partial charge in [0.15, 0.2) is 0 Å². The molecule has 3 nitrogen and oxygen atoms in total. The summed E-state index contributed by atoms with van der Waals surface area (Å²) in [5.41, 5.74) is 1.16. The van der Waals surface area contributed by atoms with E-state index in [1.54, 1.807) is 12.5 Å². The van der Waals surface area contributed by atoms with E-state index in [0.717, 1.165) is 30.4 Å². The minimum absolute atomic E-state index is 0.281. The van der Waals surface area contributed by atoms with Crippen LogP contribution in [0.25, 0.3) is 0 Å². The Labute approximate surface area is 97.6 Å². The van der Waals surface area contributed by atoms with Crippen LogP contribution in [0.3, 0.4) is 0 Å². The molecule has 1 aliphatic heterocycles. The molecule has 2 rings (SSSR count). The molecule has 0 N–H and O–H groups in total. The maximum absolute atomic E-state index is 11.6. The molecule has 1 aromatic rings. The molecule has 1 aliphatic rings. The molecule has 1 saturated heterocycles. The minimum atomic E-state index is 0.281. The van der Waals surface area contributed by atoms with Gasteiger partial charge in [-0.05, 0) is 24.0 Å².